The molecule has 0 saturated heterocycles. The van der Waals surface area contributed by atoms with E-state index < -0.39 is 11.9 Å². The number of aliphatic carboxylic acids is 2. The predicted octanol–water partition coefficient (Wildman–Crippen LogP) is 0.875. The van der Waals surface area contributed by atoms with Crippen LogP contribution in [0.5, 0.6) is 0 Å². The second-order valence-electron chi connectivity index (χ2n) is 7.59. The zero-order valence-electron chi connectivity index (χ0n) is 16.8. The molecular formula is C20H36N2O4Zn. The first-order chi connectivity index (χ1) is 12.6. The van der Waals surface area contributed by atoms with Gasteiger partial charge in [0.2, 0.25) is 0 Å². The molecule has 7 heteroatoms. The molecule has 0 bridgehead atoms. The van der Waals surface area contributed by atoms with Gasteiger partial charge in [-0.2, -0.15) is 0 Å². The maximum Gasteiger partial charge on any atom is 2.00 e. The van der Waals surface area contributed by atoms with E-state index >= 15 is 0 Å². The van der Waals surface area contributed by atoms with Crippen LogP contribution in [-0.2, 0) is 29.1 Å². The van der Waals surface area contributed by atoms with Crippen LogP contribution < -0.4 is 20.8 Å². The summed E-state index contributed by atoms with van der Waals surface area (Å²) < 4.78 is 0. The van der Waals surface area contributed by atoms with Crippen molar-refractivity contribution in [3.63, 3.8) is 0 Å². The van der Waals surface area contributed by atoms with Crippen LogP contribution in [0.3, 0.4) is 0 Å². The van der Waals surface area contributed by atoms with Gasteiger partial charge in [-0.3, -0.25) is 0 Å². The van der Waals surface area contributed by atoms with Crippen molar-refractivity contribution in [2.75, 3.05) is 13.1 Å². The number of hydrogen-bond acceptors (Lipinski definition) is 6. The molecule has 2 saturated carbocycles. The van der Waals surface area contributed by atoms with Gasteiger partial charge in [0.1, 0.15) is 0 Å². The smallest absolute Gasteiger partial charge is 0.549 e. The number of carbonyl (C=O) groups is 2. The van der Waals surface area contributed by atoms with E-state index in [0.717, 1.165) is 25.7 Å². The number of carbonyl (C=O) groups excluding carboxylic acids is 2. The molecule has 152 valence electrons. The van der Waals surface area contributed by atoms with Gasteiger partial charge in [0.15, 0.2) is 0 Å². The molecule has 0 atom stereocenters. The Hall–Kier alpha value is -0.517. The Kier molecular flexibility index (Phi) is 17.2. The SMILES string of the molecule is O=C([O-])CNC1CCCCCCC1.O=C([O-])CNC1CCCCCCC1.[Zn+2]. The van der Waals surface area contributed by atoms with Crippen molar-refractivity contribution in [3.05, 3.63) is 0 Å². The van der Waals surface area contributed by atoms with Gasteiger partial charge in [-0.15, -0.1) is 0 Å². The molecule has 2 aliphatic rings. The first kappa shape index (κ1) is 26.5. The quantitative estimate of drug-likeness (QED) is 0.602. The molecular weight excluding hydrogens is 398 g/mol. The van der Waals surface area contributed by atoms with Gasteiger partial charge in [-0.25, -0.2) is 0 Å². The van der Waals surface area contributed by atoms with E-state index in [1.54, 1.807) is 0 Å². The minimum atomic E-state index is -0.998. The van der Waals surface area contributed by atoms with E-state index in [1.165, 1.54) is 64.2 Å². The van der Waals surface area contributed by atoms with Gasteiger partial charge in [0, 0.05) is 25.2 Å². The summed E-state index contributed by atoms with van der Waals surface area (Å²) >= 11 is 0. The third-order valence-corrected chi connectivity index (χ3v) is 5.28. The minimum Gasteiger partial charge on any atom is -0.549 e. The van der Waals surface area contributed by atoms with Crippen LogP contribution in [0.4, 0.5) is 0 Å². The summed E-state index contributed by atoms with van der Waals surface area (Å²) in [6, 6.07) is 0.802. The molecule has 0 aromatic rings. The molecule has 27 heavy (non-hydrogen) atoms. The monoisotopic (exact) mass is 432 g/mol. The molecule has 2 aliphatic carbocycles. The fourth-order valence-electron chi connectivity index (χ4n) is 3.78. The zero-order chi connectivity index (χ0) is 19.0. The van der Waals surface area contributed by atoms with Crippen molar-refractivity contribution in [2.45, 2.75) is 102 Å². The average Bonchev–Trinajstić information content (AvgIpc) is 2.53. The van der Waals surface area contributed by atoms with Gasteiger partial charge < -0.3 is 30.4 Å². The summed E-state index contributed by atoms with van der Waals surface area (Å²) in [6.45, 7) is 0.00926. The topological polar surface area (TPSA) is 104 Å². The van der Waals surface area contributed by atoms with Crippen LogP contribution in [-0.4, -0.2) is 37.1 Å². The molecule has 0 aromatic heterocycles. The maximum absolute atomic E-state index is 10.2. The van der Waals surface area contributed by atoms with E-state index in [-0.39, 0.29) is 32.6 Å². The normalized spacial score (nSPS) is 19.9. The Balaban J connectivity index is 0.000000483. The van der Waals surface area contributed by atoms with E-state index in [1.807, 2.05) is 0 Å². The summed E-state index contributed by atoms with van der Waals surface area (Å²) in [4.78, 5) is 20.4. The van der Waals surface area contributed by atoms with Crippen molar-refractivity contribution in [3.8, 4) is 0 Å². The van der Waals surface area contributed by atoms with Crippen LogP contribution in [0.15, 0.2) is 0 Å². The number of carboxylic acid groups (broad SMARTS) is 2. The average molecular weight is 434 g/mol. The predicted molar refractivity (Wildman–Crippen MR) is 98.2 cm³/mol. The standard InChI is InChI=1S/2C10H19NO2.Zn/c2*12-10(13)8-11-9-6-4-2-1-3-5-7-9;/h2*9,11H,1-8H2,(H,12,13);/q;;+2/p-2. The molecule has 0 aromatic carbocycles. The van der Waals surface area contributed by atoms with Gasteiger partial charge in [-0.1, -0.05) is 64.2 Å². The first-order valence-electron chi connectivity index (χ1n) is 10.4. The Morgan fingerprint density at radius 2 is 0.852 bits per heavy atom. The van der Waals surface area contributed by atoms with Crippen molar-refractivity contribution >= 4 is 11.9 Å². The van der Waals surface area contributed by atoms with E-state index in [4.69, 9.17) is 0 Å². The van der Waals surface area contributed by atoms with Crippen LogP contribution in [0.2, 0.25) is 0 Å². The maximum atomic E-state index is 10.2. The molecule has 2 rings (SSSR count). The fraction of sp³-hybridized carbons (Fsp3) is 0.900. The summed E-state index contributed by atoms with van der Waals surface area (Å²) in [5.41, 5.74) is 0. The number of carboxylic acids is 2. The molecule has 2 N–H and O–H groups in total. The number of nitrogens with one attached hydrogen (secondary N) is 2. The summed E-state index contributed by atoms with van der Waals surface area (Å²) in [6.07, 6.45) is 17.2. The van der Waals surface area contributed by atoms with Gasteiger partial charge in [-0.05, 0) is 25.7 Å². The van der Waals surface area contributed by atoms with E-state index in [9.17, 15) is 19.8 Å². The van der Waals surface area contributed by atoms with Crippen LogP contribution >= 0.6 is 0 Å². The molecule has 0 aliphatic heterocycles. The van der Waals surface area contributed by atoms with Crippen LogP contribution in [0, 0.1) is 0 Å². The Labute approximate surface area is 177 Å². The second kappa shape index (κ2) is 17.6. The second-order valence-corrected chi connectivity index (χ2v) is 7.59. The first-order valence-corrected chi connectivity index (χ1v) is 10.4. The summed E-state index contributed by atoms with van der Waals surface area (Å²) in [7, 11) is 0. The van der Waals surface area contributed by atoms with Crippen molar-refractivity contribution in [1.82, 2.24) is 10.6 Å². The van der Waals surface area contributed by atoms with Gasteiger partial charge in [0.05, 0.1) is 11.9 Å². The van der Waals surface area contributed by atoms with Gasteiger partial charge >= 0.3 is 19.5 Å². The molecule has 0 radical (unpaired) electrons. The van der Waals surface area contributed by atoms with E-state index in [0.29, 0.717) is 12.1 Å². The Morgan fingerprint density at radius 1 is 0.593 bits per heavy atom. The molecule has 0 unspecified atom stereocenters. The van der Waals surface area contributed by atoms with Gasteiger partial charge in [0.25, 0.3) is 0 Å². The molecule has 2 fully saturated rings. The van der Waals surface area contributed by atoms with Crippen molar-refractivity contribution in [2.24, 2.45) is 0 Å². The molecule has 0 amide bonds. The fourth-order valence-corrected chi connectivity index (χ4v) is 3.78. The molecule has 6 nitrogen and oxygen atoms in total. The minimum absolute atomic E-state index is 0. The summed E-state index contributed by atoms with van der Waals surface area (Å²) in [5, 5.41) is 26.5. The Morgan fingerprint density at radius 3 is 1.11 bits per heavy atom. The Bertz CT molecular complexity index is 344. The number of hydrogen-bond donors (Lipinski definition) is 2. The van der Waals surface area contributed by atoms with Crippen molar-refractivity contribution in [1.29, 1.82) is 0 Å². The third kappa shape index (κ3) is 16.2. The largest absolute Gasteiger partial charge is 2.00 e. The van der Waals surface area contributed by atoms with Crippen LogP contribution in [0.25, 0.3) is 0 Å². The third-order valence-electron chi connectivity index (χ3n) is 5.28. The number of rotatable bonds is 6. The summed E-state index contributed by atoms with van der Waals surface area (Å²) in [5.74, 6) is -2.00. The zero-order valence-corrected chi connectivity index (χ0v) is 19.8. The molecule has 0 spiro atoms. The van der Waals surface area contributed by atoms with Crippen molar-refractivity contribution < 1.29 is 39.3 Å². The molecule has 0 heterocycles. The van der Waals surface area contributed by atoms with E-state index in [2.05, 4.69) is 10.6 Å². The van der Waals surface area contributed by atoms with Crippen LogP contribution in [0.1, 0.15) is 89.9 Å².